The largest absolute Gasteiger partial charge is 0.369 e. The number of halogens is 4. The van der Waals surface area contributed by atoms with E-state index in [1.807, 2.05) is 0 Å². The van der Waals surface area contributed by atoms with Crippen LogP contribution in [0.4, 0.5) is 0 Å². The Kier molecular flexibility index (Phi) is 4.17. The Hall–Kier alpha value is 0.440. The third kappa shape index (κ3) is 1.77. The van der Waals surface area contributed by atoms with E-state index in [1.54, 1.807) is 0 Å². The first-order valence-electron chi connectivity index (χ1n) is 3.78. The summed E-state index contributed by atoms with van der Waals surface area (Å²) in [7, 11) is 0. The molecule has 0 bridgehead atoms. The number of aliphatic hydroxyl groups is 2. The molecular weight excluding hydrogens is 472 g/mol. The molecule has 84 valence electrons. The number of hydrogen-bond acceptors (Lipinski definition) is 2. The number of terminal acetylenes is 2. The van der Waals surface area contributed by atoms with E-state index in [4.69, 9.17) is 12.8 Å². The van der Waals surface area contributed by atoms with Gasteiger partial charge in [0.15, 0.2) is 11.2 Å². The molecule has 0 saturated heterocycles. The maximum absolute atomic E-state index is 10.2. The molecule has 6 heteroatoms. The van der Waals surface area contributed by atoms with Crippen LogP contribution in [0.5, 0.6) is 0 Å². The SMILES string of the molecule is C#CC1(O)C(Br)=C(Br)C(O)(C#C)C(Br)=C1Br. The monoisotopic (exact) mass is 472 g/mol. The molecule has 0 atom stereocenters. The average Bonchev–Trinajstić information content (AvgIpc) is 2.31. The molecule has 0 aromatic carbocycles. The van der Waals surface area contributed by atoms with Gasteiger partial charge in [0.05, 0.1) is 17.9 Å². The van der Waals surface area contributed by atoms with Crippen molar-refractivity contribution in [2.75, 3.05) is 0 Å². The lowest BCUT2D eigenvalue weighted by Crippen LogP contribution is -2.41. The normalized spacial score (nSPS) is 34.8. The maximum Gasteiger partial charge on any atom is 0.191 e. The van der Waals surface area contributed by atoms with Crippen molar-refractivity contribution < 1.29 is 10.2 Å². The highest BCUT2D eigenvalue weighted by atomic mass is 79.9. The Bertz CT molecular complexity index is 420. The fraction of sp³-hybridized carbons (Fsp3) is 0.200. The Labute approximate surface area is 127 Å². The van der Waals surface area contributed by atoms with Crippen molar-refractivity contribution in [3.05, 3.63) is 17.9 Å². The quantitative estimate of drug-likeness (QED) is 0.529. The molecule has 1 aliphatic rings. The molecule has 0 fully saturated rings. The Morgan fingerprint density at radius 1 is 0.750 bits per heavy atom. The second-order valence-electron chi connectivity index (χ2n) is 2.97. The Morgan fingerprint density at radius 3 is 1.06 bits per heavy atom. The van der Waals surface area contributed by atoms with Crippen molar-refractivity contribution in [3.63, 3.8) is 0 Å². The van der Waals surface area contributed by atoms with E-state index in [9.17, 15) is 10.2 Å². The van der Waals surface area contributed by atoms with Gasteiger partial charge in [0.1, 0.15) is 0 Å². The third-order valence-corrected chi connectivity index (χ3v) is 7.02. The second-order valence-corrected chi connectivity index (χ2v) is 6.14. The second kappa shape index (κ2) is 4.61. The lowest BCUT2D eigenvalue weighted by Gasteiger charge is -2.35. The zero-order valence-electron chi connectivity index (χ0n) is 7.56. The predicted octanol–water partition coefficient (Wildman–Crippen LogP) is 2.73. The van der Waals surface area contributed by atoms with Crippen molar-refractivity contribution in [3.8, 4) is 24.7 Å². The zero-order chi connectivity index (χ0) is 12.7. The van der Waals surface area contributed by atoms with Crippen LogP contribution in [-0.4, -0.2) is 21.4 Å². The molecular formula is C10H4Br4O2. The Morgan fingerprint density at radius 2 is 0.938 bits per heavy atom. The fourth-order valence-corrected chi connectivity index (χ4v) is 4.01. The van der Waals surface area contributed by atoms with Crippen molar-refractivity contribution in [2.24, 2.45) is 0 Å². The lowest BCUT2D eigenvalue weighted by atomic mass is 9.90. The van der Waals surface area contributed by atoms with Crippen LogP contribution in [0.2, 0.25) is 0 Å². The molecule has 0 radical (unpaired) electrons. The van der Waals surface area contributed by atoms with Crippen molar-refractivity contribution >= 4 is 63.7 Å². The molecule has 0 aromatic rings. The van der Waals surface area contributed by atoms with Crippen molar-refractivity contribution in [1.29, 1.82) is 0 Å². The van der Waals surface area contributed by atoms with E-state index >= 15 is 0 Å². The van der Waals surface area contributed by atoms with Crippen molar-refractivity contribution in [2.45, 2.75) is 11.2 Å². The van der Waals surface area contributed by atoms with E-state index in [2.05, 4.69) is 75.6 Å². The molecule has 0 aromatic heterocycles. The van der Waals surface area contributed by atoms with Gasteiger partial charge >= 0.3 is 0 Å². The first-order valence-corrected chi connectivity index (χ1v) is 6.95. The molecule has 0 unspecified atom stereocenters. The molecule has 16 heavy (non-hydrogen) atoms. The van der Waals surface area contributed by atoms with Gasteiger partial charge in [0.2, 0.25) is 0 Å². The van der Waals surface area contributed by atoms with Crippen LogP contribution in [-0.2, 0) is 0 Å². The Balaban J connectivity index is 3.66. The summed E-state index contributed by atoms with van der Waals surface area (Å²) in [6, 6.07) is 0. The molecule has 2 nitrogen and oxygen atoms in total. The minimum Gasteiger partial charge on any atom is -0.369 e. The van der Waals surface area contributed by atoms with Gasteiger partial charge in [-0.1, -0.05) is 11.8 Å². The van der Waals surface area contributed by atoms with Gasteiger partial charge in [0, 0.05) is 0 Å². The molecule has 2 N–H and O–H groups in total. The topological polar surface area (TPSA) is 40.5 Å². The minimum atomic E-state index is -1.69. The fourth-order valence-electron chi connectivity index (χ4n) is 1.08. The van der Waals surface area contributed by atoms with Gasteiger partial charge in [-0.05, 0) is 63.7 Å². The first-order chi connectivity index (χ1) is 7.25. The van der Waals surface area contributed by atoms with E-state index in [0.717, 1.165) is 0 Å². The molecule has 0 spiro atoms. The molecule has 0 aliphatic heterocycles. The van der Waals surface area contributed by atoms with Crippen LogP contribution in [0.1, 0.15) is 0 Å². The van der Waals surface area contributed by atoms with Crippen LogP contribution in [0.25, 0.3) is 0 Å². The van der Waals surface area contributed by atoms with Crippen LogP contribution in [0.3, 0.4) is 0 Å². The minimum absolute atomic E-state index is 0.179. The number of hydrogen-bond donors (Lipinski definition) is 2. The van der Waals surface area contributed by atoms with Crippen molar-refractivity contribution in [1.82, 2.24) is 0 Å². The van der Waals surface area contributed by atoms with Crippen LogP contribution >= 0.6 is 63.7 Å². The smallest absolute Gasteiger partial charge is 0.191 e. The summed E-state index contributed by atoms with van der Waals surface area (Å²) in [5.74, 6) is 4.42. The maximum atomic E-state index is 10.2. The summed E-state index contributed by atoms with van der Waals surface area (Å²) in [6.45, 7) is 0. The third-order valence-electron chi connectivity index (χ3n) is 2.07. The highest BCUT2D eigenvalue weighted by Gasteiger charge is 2.49. The van der Waals surface area contributed by atoms with Gasteiger partial charge in [-0.25, -0.2) is 0 Å². The van der Waals surface area contributed by atoms with Gasteiger partial charge in [0.25, 0.3) is 0 Å². The summed E-state index contributed by atoms with van der Waals surface area (Å²) >= 11 is 12.5. The molecule has 0 heterocycles. The van der Waals surface area contributed by atoms with Crippen LogP contribution in [0, 0.1) is 24.7 Å². The lowest BCUT2D eigenvalue weighted by molar-refractivity contribution is 0.160. The van der Waals surface area contributed by atoms with Gasteiger partial charge < -0.3 is 10.2 Å². The highest BCUT2D eigenvalue weighted by molar-refractivity contribution is 9.15. The van der Waals surface area contributed by atoms with E-state index in [1.165, 1.54) is 0 Å². The summed E-state index contributed by atoms with van der Waals surface area (Å²) in [5, 5.41) is 20.4. The number of rotatable bonds is 0. The van der Waals surface area contributed by atoms with E-state index in [0.29, 0.717) is 0 Å². The average molecular weight is 476 g/mol. The first kappa shape index (κ1) is 14.5. The molecule has 1 rings (SSSR count). The van der Waals surface area contributed by atoms with Gasteiger partial charge in [-0.3, -0.25) is 0 Å². The molecule has 1 aliphatic carbocycles. The molecule has 0 amide bonds. The van der Waals surface area contributed by atoms with E-state index < -0.39 is 11.2 Å². The standard InChI is InChI=1S/C10H4Br4O2/c1-3-9(15)5(11)7(13)10(16,4-2)8(14)6(9)12/h1-2,15-16H. The van der Waals surface area contributed by atoms with Gasteiger partial charge in [-0.15, -0.1) is 12.8 Å². The summed E-state index contributed by atoms with van der Waals surface area (Å²) in [6.07, 6.45) is 10.5. The summed E-state index contributed by atoms with van der Waals surface area (Å²) in [5.41, 5.74) is -3.39. The van der Waals surface area contributed by atoms with Crippen LogP contribution in [0.15, 0.2) is 17.9 Å². The van der Waals surface area contributed by atoms with Gasteiger partial charge in [-0.2, -0.15) is 0 Å². The highest BCUT2D eigenvalue weighted by Crippen LogP contribution is 2.51. The summed E-state index contributed by atoms with van der Waals surface area (Å²) < 4.78 is 0.715. The van der Waals surface area contributed by atoms with Crippen LogP contribution < -0.4 is 0 Å². The molecule has 0 saturated carbocycles. The van der Waals surface area contributed by atoms with E-state index in [-0.39, 0.29) is 17.9 Å². The summed E-state index contributed by atoms with van der Waals surface area (Å²) in [4.78, 5) is 0. The predicted molar refractivity (Wildman–Crippen MR) is 77.3 cm³/mol. The zero-order valence-corrected chi connectivity index (χ0v) is 13.9.